The van der Waals surface area contributed by atoms with Gasteiger partial charge < -0.3 is 0 Å². The minimum absolute atomic E-state index is 0.553. The molecular weight excluding hydrogens is 498 g/mol. The van der Waals surface area contributed by atoms with Crippen LogP contribution in [0, 0.1) is 0 Å². The first-order valence-electron chi connectivity index (χ1n) is 3.52. The smallest absolute Gasteiger partial charge is 0.0905 e. The standard InChI is InChI=1S/C6Cl12/c7-2(3(8,9)6(16,17)18)1(4(10,11)12)5(13,14)15. The summed E-state index contributed by atoms with van der Waals surface area (Å²) in [4.78, 5) is 0. The molecule has 12 heteroatoms. The number of hydrogen-bond donors (Lipinski definition) is 0. The van der Waals surface area contributed by atoms with Crippen molar-refractivity contribution in [2.75, 3.05) is 0 Å². The molecule has 108 valence electrons. The highest BCUT2D eigenvalue weighted by molar-refractivity contribution is 6.79. The van der Waals surface area contributed by atoms with Crippen LogP contribution < -0.4 is 0 Å². The Morgan fingerprint density at radius 2 is 0.833 bits per heavy atom. The molecule has 0 N–H and O–H groups in total. The third-order valence-corrected chi connectivity index (χ3v) is 5.59. The average Bonchev–Trinajstić information content (AvgIpc) is 1.95. The Hall–Kier alpha value is 3.22. The molecule has 0 saturated carbocycles. The SMILES string of the molecule is ClC(=C(C(Cl)(Cl)Cl)C(Cl)(Cl)Cl)C(Cl)(Cl)C(Cl)(Cl)Cl. The Balaban J connectivity index is 6.11. The number of alkyl halides is 11. The van der Waals surface area contributed by atoms with E-state index in [0.29, 0.717) is 0 Å². The van der Waals surface area contributed by atoms with Crippen LogP contribution in [0.5, 0.6) is 0 Å². The van der Waals surface area contributed by atoms with Crippen molar-refractivity contribution >= 4 is 139 Å². The van der Waals surface area contributed by atoms with Crippen molar-refractivity contribution in [3.8, 4) is 0 Å². The number of halogens is 12. The zero-order valence-corrected chi connectivity index (χ0v) is 16.6. The van der Waals surface area contributed by atoms with Crippen molar-refractivity contribution in [3.63, 3.8) is 0 Å². The molecule has 0 aliphatic rings. The summed E-state index contributed by atoms with van der Waals surface area (Å²) in [7, 11) is 0. The minimum Gasteiger partial charge on any atom is -0.0905 e. The molecule has 0 atom stereocenters. The van der Waals surface area contributed by atoms with Gasteiger partial charge in [-0.15, -0.1) is 0 Å². The van der Waals surface area contributed by atoms with Crippen LogP contribution in [0.3, 0.4) is 0 Å². The fourth-order valence-electron chi connectivity index (χ4n) is 0.691. The van der Waals surface area contributed by atoms with E-state index >= 15 is 0 Å². The van der Waals surface area contributed by atoms with Crippen LogP contribution in [0.4, 0.5) is 0 Å². The van der Waals surface area contributed by atoms with Crippen LogP contribution in [-0.2, 0) is 0 Å². The molecule has 0 fully saturated rings. The van der Waals surface area contributed by atoms with Gasteiger partial charge >= 0.3 is 0 Å². The molecule has 0 aliphatic heterocycles. The predicted octanol–water partition coefficient (Wildman–Crippen LogP) is 7.76. The van der Waals surface area contributed by atoms with Crippen LogP contribution >= 0.6 is 139 Å². The fourth-order valence-corrected chi connectivity index (χ4v) is 3.88. The lowest BCUT2D eigenvalue weighted by Gasteiger charge is -2.32. The largest absolute Gasteiger partial charge is 0.228 e. The van der Waals surface area contributed by atoms with Gasteiger partial charge in [0.25, 0.3) is 0 Å². The predicted molar refractivity (Wildman–Crippen MR) is 88.2 cm³/mol. The minimum atomic E-state index is -2.29. The van der Waals surface area contributed by atoms with E-state index in [1.165, 1.54) is 0 Å². The fraction of sp³-hybridized carbons (Fsp3) is 0.667. The molecule has 0 bridgehead atoms. The van der Waals surface area contributed by atoms with E-state index in [-0.39, 0.29) is 0 Å². The van der Waals surface area contributed by atoms with Gasteiger partial charge in [0.2, 0.25) is 11.4 Å². The molecule has 0 aliphatic carbocycles. The molecule has 0 amide bonds. The van der Waals surface area contributed by atoms with Crippen molar-refractivity contribution < 1.29 is 0 Å². The maximum Gasteiger partial charge on any atom is 0.228 e. The summed E-state index contributed by atoms with van der Waals surface area (Å²) in [6.45, 7) is 0. The normalized spacial score (nSPS) is 14.7. The molecule has 0 unspecified atom stereocenters. The first-order valence-corrected chi connectivity index (χ1v) is 8.05. The first kappa shape index (κ1) is 21.2. The van der Waals surface area contributed by atoms with Crippen molar-refractivity contribution in [1.82, 2.24) is 0 Å². The summed E-state index contributed by atoms with van der Waals surface area (Å²) >= 11 is 67.8. The molecule has 0 saturated heterocycles. The Morgan fingerprint density at radius 3 is 1.00 bits per heavy atom. The van der Waals surface area contributed by atoms with Gasteiger partial charge in [0, 0.05) is 5.57 Å². The maximum atomic E-state index is 5.85. The highest BCUT2D eigenvalue weighted by atomic mass is 35.6. The van der Waals surface area contributed by atoms with Gasteiger partial charge in [-0.1, -0.05) is 139 Å². The van der Waals surface area contributed by atoms with Crippen LogP contribution in [0.25, 0.3) is 0 Å². The summed E-state index contributed by atoms with van der Waals surface area (Å²) in [5.74, 6) is 0. The third-order valence-electron chi connectivity index (χ3n) is 1.42. The third kappa shape index (κ3) is 5.45. The van der Waals surface area contributed by atoms with Gasteiger partial charge in [-0.2, -0.15) is 0 Å². The van der Waals surface area contributed by atoms with Crippen molar-refractivity contribution in [2.24, 2.45) is 0 Å². The lowest BCUT2D eigenvalue weighted by Crippen LogP contribution is -2.36. The molecule has 0 spiro atoms. The summed E-state index contributed by atoms with van der Waals surface area (Å²) in [6, 6.07) is 0. The van der Waals surface area contributed by atoms with E-state index in [1.54, 1.807) is 0 Å². The van der Waals surface area contributed by atoms with Crippen LogP contribution in [0.15, 0.2) is 10.6 Å². The van der Waals surface area contributed by atoms with E-state index in [1.807, 2.05) is 0 Å². The zero-order chi connectivity index (χ0) is 15.2. The second-order valence-corrected chi connectivity index (χ2v) is 11.3. The summed E-state index contributed by atoms with van der Waals surface area (Å²) in [5, 5.41) is -0.620. The summed E-state index contributed by atoms with van der Waals surface area (Å²) in [6.07, 6.45) is 0. The molecular formula is C6Cl12. The molecule has 0 aromatic carbocycles. The average molecular weight is 498 g/mol. The Morgan fingerprint density at radius 1 is 0.556 bits per heavy atom. The van der Waals surface area contributed by atoms with Crippen molar-refractivity contribution in [3.05, 3.63) is 10.6 Å². The lowest BCUT2D eigenvalue weighted by molar-refractivity contribution is 0.934. The number of rotatable bonds is 1. The Kier molecular flexibility index (Phi) is 7.98. The number of allylic oxidation sites excluding steroid dienone is 2. The lowest BCUT2D eigenvalue weighted by atomic mass is 10.2. The van der Waals surface area contributed by atoms with Crippen molar-refractivity contribution in [2.45, 2.75) is 15.7 Å². The van der Waals surface area contributed by atoms with Crippen LogP contribution in [0.2, 0.25) is 0 Å². The first-order chi connectivity index (χ1) is 7.53. The van der Waals surface area contributed by atoms with E-state index < -0.39 is 26.3 Å². The van der Waals surface area contributed by atoms with Gasteiger partial charge in [0.1, 0.15) is 0 Å². The molecule has 0 aromatic rings. The highest BCUT2D eigenvalue weighted by Gasteiger charge is 2.54. The van der Waals surface area contributed by atoms with E-state index in [0.717, 1.165) is 0 Å². The molecule has 0 nitrogen and oxygen atoms in total. The zero-order valence-electron chi connectivity index (χ0n) is 7.54. The van der Waals surface area contributed by atoms with E-state index in [2.05, 4.69) is 0 Å². The summed E-state index contributed by atoms with van der Waals surface area (Å²) < 4.78 is -9.01. The van der Waals surface area contributed by atoms with Gasteiger partial charge in [0.05, 0.1) is 5.03 Å². The molecule has 0 aromatic heterocycles. The monoisotopic (exact) mass is 492 g/mol. The molecule has 0 rings (SSSR count). The van der Waals surface area contributed by atoms with Crippen molar-refractivity contribution in [1.29, 1.82) is 0 Å². The summed E-state index contributed by atoms with van der Waals surface area (Å²) in [5.41, 5.74) is -0.553. The van der Waals surface area contributed by atoms with E-state index in [9.17, 15) is 0 Å². The van der Waals surface area contributed by atoms with E-state index in [4.69, 9.17) is 139 Å². The van der Waals surface area contributed by atoms with Crippen LogP contribution in [0.1, 0.15) is 0 Å². The quantitative estimate of drug-likeness (QED) is 0.325. The Labute approximate surface area is 164 Å². The van der Waals surface area contributed by atoms with Crippen LogP contribution in [-0.4, -0.2) is 15.7 Å². The maximum absolute atomic E-state index is 5.85. The highest BCUT2D eigenvalue weighted by Crippen LogP contribution is 2.58. The Bertz CT molecular complexity index is 319. The van der Waals surface area contributed by atoms with Gasteiger partial charge in [0.15, 0.2) is 4.33 Å². The molecule has 18 heavy (non-hydrogen) atoms. The van der Waals surface area contributed by atoms with Gasteiger partial charge in [-0.3, -0.25) is 0 Å². The topological polar surface area (TPSA) is 0 Å². The molecule has 0 heterocycles. The number of hydrogen-bond acceptors (Lipinski definition) is 0. The van der Waals surface area contributed by atoms with Gasteiger partial charge in [-0.25, -0.2) is 0 Å². The second kappa shape index (κ2) is 6.77. The molecule has 0 radical (unpaired) electrons. The van der Waals surface area contributed by atoms with Gasteiger partial charge in [-0.05, 0) is 0 Å². The second-order valence-electron chi connectivity index (χ2n) is 2.76.